The van der Waals surface area contributed by atoms with E-state index in [2.05, 4.69) is 5.32 Å². The largest absolute Gasteiger partial charge is 0.481 e. The standard InChI is InChI=1S/C20H30N2O13/c1-8-15(33-9(2)23)16(34-10(3)24)17(35-11(4)25)20(32-8)31-7-12(21)18(28)22-13(19(29)30)5-6-14(26)27/h8,12-13,15-17,20H,5-7,21H2,1-4H3,(H,22,28)(H,26,27)(H,29,30)/t8-,12+,13-,15+,16+,17-,20-/m0/s1. The van der Waals surface area contributed by atoms with Crippen molar-refractivity contribution >= 4 is 35.8 Å². The minimum atomic E-state index is -1.50. The van der Waals surface area contributed by atoms with Gasteiger partial charge < -0.3 is 44.9 Å². The number of hydrogen-bond acceptors (Lipinski definition) is 12. The first-order chi connectivity index (χ1) is 16.2. The second-order valence-corrected chi connectivity index (χ2v) is 7.70. The maximum atomic E-state index is 12.3. The van der Waals surface area contributed by atoms with E-state index in [-0.39, 0.29) is 6.42 Å². The van der Waals surface area contributed by atoms with Crippen molar-refractivity contribution in [1.29, 1.82) is 0 Å². The molecule has 35 heavy (non-hydrogen) atoms. The van der Waals surface area contributed by atoms with E-state index < -0.39 is 91.6 Å². The molecule has 5 N–H and O–H groups in total. The maximum absolute atomic E-state index is 12.3. The van der Waals surface area contributed by atoms with Crippen molar-refractivity contribution in [1.82, 2.24) is 5.32 Å². The van der Waals surface area contributed by atoms with Crippen molar-refractivity contribution in [3.63, 3.8) is 0 Å². The van der Waals surface area contributed by atoms with E-state index in [4.69, 9.17) is 39.6 Å². The Morgan fingerprint density at radius 3 is 1.91 bits per heavy atom. The van der Waals surface area contributed by atoms with E-state index in [0.29, 0.717) is 0 Å². The zero-order valence-electron chi connectivity index (χ0n) is 19.6. The van der Waals surface area contributed by atoms with E-state index in [1.165, 1.54) is 6.92 Å². The molecule has 0 unspecified atom stereocenters. The lowest BCUT2D eigenvalue weighted by Crippen LogP contribution is -2.61. The molecule has 1 amide bonds. The number of ether oxygens (including phenoxy) is 5. The number of carbonyl (C=O) groups is 6. The van der Waals surface area contributed by atoms with Gasteiger partial charge in [-0.2, -0.15) is 0 Å². The van der Waals surface area contributed by atoms with Gasteiger partial charge in [-0.25, -0.2) is 4.79 Å². The Balaban J connectivity index is 2.96. The van der Waals surface area contributed by atoms with Gasteiger partial charge in [-0.15, -0.1) is 0 Å². The van der Waals surface area contributed by atoms with Crippen LogP contribution in [0.2, 0.25) is 0 Å². The number of carboxylic acids is 2. The Morgan fingerprint density at radius 2 is 1.43 bits per heavy atom. The Morgan fingerprint density at radius 1 is 0.914 bits per heavy atom. The molecule has 1 fully saturated rings. The number of nitrogens with two attached hydrogens (primary N) is 1. The molecule has 0 saturated carbocycles. The number of aliphatic carboxylic acids is 2. The number of esters is 3. The molecule has 1 rings (SSSR count). The zero-order valence-corrected chi connectivity index (χ0v) is 19.6. The van der Waals surface area contributed by atoms with Crippen LogP contribution in [0.15, 0.2) is 0 Å². The van der Waals surface area contributed by atoms with Crippen LogP contribution in [0.25, 0.3) is 0 Å². The van der Waals surface area contributed by atoms with Gasteiger partial charge in [0, 0.05) is 27.2 Å². The first kappa shape index (κ1) is 29.7. The molecule has 15 nitrogen and oxygen atoms in total. The first-order valence-corrected chi connectivity index (χ1v) is 10.5. The summed E-state index contributed by atoms with van der Waals surface area (Å²) in [5.41, 5.74) is 5.76. The molecule has 15 heteroatoms. The Labute approximate surface area is 200 Å². The van der Waals surface area contributed by atoms with Gasteiger partial charge in [0.15, 0.2) is 24.6 Å². The third-order valence-electron chi connectivity index (χ3n) is 4.67. The third-order valence-corrected chi connectivity index (χ3v) is 4.67. The van der Waals surface area contributed by atoms with Crippen molar-refractivity contribution in [2.75, 3.05) is 6.61 Å². The van der Waals surface area contributed by atoms with E-state index in [1.54, 1.807) is 0 Å². The predicted molar refractivity (Wildman–Crippen MR) is 111 cm³/mol. The van der Waals surface area contributed by atoms with Crippen LogP contribution in [0.1, 0.15) is 40.5 Å². The van der Waals surface area contributed by atoms with Crippen LogP contribution in [0.4, 0.5) is 0 Å². The molecule has 7 atom stereocenters. The Kier molecular flexibility index (Phi) is 11.5. The van der Waals surface area contributed by atoms with Crippen LogP contribution in [-0.4, -0.2) is 95.4 Å². The highest BCUT2D eigenvalue weighted by Crippen LogP contribution is 2.29. The summed E-state index contributed by atoms with van der Waals surface area (Å²) < 4.78 is 26.7. The molecular weight excluding hydrogens is 476 g/mol. The molecule has 0 aliphatic carbocycles. The number of hydrogen-bond donors (Lipinski definition) is 4. The molecule has 0 aromatic heterocycles. The van der Waals surface area contributed by atoms with Gasteiger partial charge in [0.1, 0.15) is 12.1 Å². The second-order valence-electron chi connectivity index (χ2n) is 7.70. The van der Waals surface area contributed by atoms with Crippen LogP contribution in [0.3, 0.4) is 0 Å². The van der Waals surface area contributed by atoms with Gasteiger partial charge in [0.2, 0.25) is 5.91 Å². The smallest absolute Gasteiger partial charge is 0.326 e. The predicted octanol–water partition coefficient (Wildman–Crippen LogP) is -1.70. The second kappa shape index (κ2) is 13.6. The van der Waals surface area contributed by atoms with Gasteiger partial charge in [-0.1, -0.05) is 0 Å². The van der Waals surface area contributed by atoms with Crippen molar-refractivity contribution < 1.29 is 62.7 Å². The summed E-state index contributed by atoms with van der Waals surface area (Å²) in [6, 6.07) is -2.93. The lowest BCUT2D eigenvalue weighted by Gasteiger charge is -2.43. The average Bonchev–Trinajstić information content (AvgIpc) is 2.72. The molecule has 1 aliphatic rings. The highest BCUT2D eigenvalue weighted by atomic mass is 16.7. The summed E-state index contributed by atoms with van der Waals surface area (Å²) >= 11 is 0. The summed E-state index contributed by atoms with van der Waals surface area (Å²) in [7, 11) is 0. The topological polar surface area (TPSA) is 227 Å². The number of carbonyl (C=O) groups excluding carboxylic acids is 4. The number of nitrogens with one attached hydrogen (secondary N) is 1. The molecule has 0 aromatic carbocycles. The van der Waals surface area contributed by atoms with Crippen LogP contribution in [0, 0.1) is 0 Å². The monoisotopic (exact) mass is 506 g/mol. The zero-order chi connectivity index (χ0) is 26.9. The summed E-state index contributed by atoms with van der Waals surface area (Å²) in [5.74, 6) is -5.93. The highest BCUT2D eigenvalue weighted by Gasteiger charge is 2.51. The van der Waals surface area contributed by atoms with E-state index in [9.17, 15) is 28.8 Å². The maximum Gasteiger partial charge on any atom is 0.326 e. The van der Waals surface area contributed by atoms with Crippen LogP contribution < -0.4 is 11.1 Å². The summed E-state index contributed by atoms with van der Waals surface area (Å²) in [6.07, 6.45) is -7.06. The highest BCUT2D eigenvalue weighted by molar-refractivity contribution is 5.87. The molecule has 0 bridgehead atoms. The molecule has 0 aromatic rings. The molecule has 0 spiro atoms. The van der Waals surface area contributed by atoms with Gasteiger partial charge in [-0.05, 0) is 13.3 Å². The normalized spacial score (nSPS) is 25.5. The average molecular weight is 506 g/mol. The fraction of sp³-hybridized carbons (Fsp3) is 0.700. The van der Waals surface area contributed by atoms with Crippen molar-refractivity contribution in [3.05, 3.63) is 0 Å². The van der Waals surface area contributed by atoms with Gasteiger partial charge >= 0.3 is 29.8 Å². The fourth-order valence-electron chi connectivity index (χ4n) is 3.18. The summed E-state index contributed by atoms with van der Waals surface area (Å²) in [6.45, 7) is 4.21. The van der Waals surface area contributed by atoms with Crippen LogP contribution in [-0.2, 0) is 52.5 Å². The Hall–Kier alpha value is -3.30. The van der Waals surface area contributed by atoms with E-state index in [0.717, 1.165) is 20.8 Å². The van der Waals surface area contributed by atoms with Gasteiger partial charge in [0.05, 0.1) is 12.7 Å². The summed E-state index contributed by atoms with van der Waals surface area (Å²) in [4.78, 5) is 69.1. The molecular formula is C20H30N2O13. The van der Waals surface area contributed by atoms with E-state index >= 15 is 0 Å². The molecule has 198 valence electrons. The summed E-state index contributed by atoms with van der Waals surface area (Å²) in [5, 5.41) is 20.0. The minimum Gasteiger partial charge on any atom is -0.481 e. The fourth-order valence-corrected chi connectivity index (χ4v) is 3.18. The lowest BCUT2D eigenvalue weighted by molar-refractivity contribution is -0.301. The Bertz CT molecular complexity index is 817. The molecule has 1 saturated heterocycles. The quantitative estimate of drug-likeness (QED) is 0.171. The van der Waals surface area contributed by atoms with Gasteiger partial charge in [-0.3, -0.25) is 24.0 Å². The van der Waals surface area contributed by atoms with Crippen molar-refractivity contribution in [2.24, 2.45) is 5.73 Å². The number of rotatable bonds is 12. The van der Waals surface area contributed by atoms with Crippen molar-refractivity contribution in [2.45, 2.75) is 83.3 Å². The number of carboxylic acid groups (broad SMARTS) is 2. The molecule has 1 heterocycles. The van der Waals surface area contributed by atoms with Crippen molar-refractivity contribution in [3.8, 4) is 0 Å². The van der Waals surface area contributed by atoms with E-state index in [1.807, 2.05) is 0 Å². The lowest BCUT2D eigenvalue weighted by atomic mass is 9.99. The SMILES string of the molecule is CC(=O)O[C@H]1[C@H](OC(C)=O)[C@@H](OC[C@@H](N)C(=O)N[C@@H](CCC(=O)O)C(=O)O)O[C@@H](C)[C@H]1OC(C)=O. The van der Waals surface area contributed by atoms with Crippen LogP contribution >= 0.6 is 0 Å². The molecule has 1 aliphatic heterocycles. The first-order valence-electron chi connectivity index (χ1n) is 10.5. The van der Waals surface area contributed by atoms with Crippen LogP contribution in [0.5, 0.6) is 0 Å². The molecule has 0 radical (unpaired) electrons. The minimum absolute atomic E-state index is 0.372. The van der Waals surface area contributed by atoms with Gasteiger partial charge in [0.25, 0.3) is 0 Å². The third kappa shape index (κ3) is 9.84. The number of amides is 1.